The normalized spacial score (nSPS) is 11.4. The Labute approximate surface area is 156 Å². The van der Waals surface area contributed by atoms with Crippen molar-refractivity contribution in [1.82, 2.24) is 5.32 Å². The number of hydrogen-bond donors (Lipinski definition) is 1. The number of ether oxygens (including phenoxy) is 2. The predicted molar refractivity (Wildman–Crippen MR) is 98.1 cm³/mol. The molecule has 0 spiro atoms. The largest absolute Gasteiger partial charge is 0.496 e. The molecule has 1 N–H and O–H groups in total. The van der Waals surface area contributed by atoms with Crippen molar-refractivity contribution < 1.29 is 23.5 Å². The highest BCUT2D eigenvalue weighted by Crippen LogP contribution is 2.28. The zero-order chi connectivity index (χ0) is 19.1. The average molecular weight is 365 g/mol. The molecule has 1 amide bonds. The highest BCUT2D eigenvalue weighted by molar-refractivity contribution is 5.91. The summed E-state index contributed by atoms with van der Waals surface area (Å²) < 4.78 is 15.8. The van der Waals surface area contributed by atoms with Crippen LogP contribution in [0.15, 0.2) is 77.4 Å². The fraction of sp³-hybridized carbons (Fsp3) is 0.143. The summed E-state index contributed by atoms with van der Waals surface area (Å²) in [6.45, 7) is 0.309. The van der Waals surface area contributed by atoms with Gasteiger partial charge in [-0.3, -0.25) is 4.79 Å². The molecule has 6 nitrogen and oxygen atoms in total. The van der Waals surface area contributed by atoms with E-state index in [4.69, 9.17) is 13.9 Å². The van der Waals surface area contributed by atoms with Crippen LogP contribution in [0.2, 0.25) is 0 Å². The summed E-state index contributed by atoms with van der Waals surface area (Å²) in [5.74, 6) is -0.718. The van der Waals surface area contributed by atoms with Crippen molar-refractivity contribution in [3.63, 3.8) is 0 Å². The van der Waals surface area contributed by atoms with E-state index in [1.807, 2.05) is 30.3 Å². The number of rotatable bonds is 7. The molecular formula is C21H19NO5. The van der Waals surface area contributed by atoms with Crippen LogP contribution in [0, 0.1) is 0 Å². The zero-order valence-electron chi connectivity index (χ0n) is 14.8. The van der Waals surface area contributed by atoms with Gasteiger partial charge in [-0.15, -0.1) is 0 Å². The molecule has 0 unspecified atom stereocenters. The maximum Gasteiger partial charge on any atom is 0.375 e. The highest BCUT2D eigenvalue weighted by Gasteiger charge is 2.29. The van der Waals surface area contributed by atoms with Crippen LogP contribution in [0.25, 0.3) is 0 Å². The van der Waals surface area contributed by atoms with Gasteiger partial charge in [-0.1, -0.05) is 48.5 Å². The van der Waals surface area contributed by atoms with Gasteiger partial charge in [0.15, 0.2) is 0 Å². The van der Waals surface area contributed by atoms with Gasteiger partial charge in [0.25, 0.3) is 5.91 Å². The first-order valence-corrected chi connectivity index (χ1v) is 8.38. The monoisotopic (exact) mass is 365 g/mol. The molecule has 27 heavy (non-hydrogen) atoms. The number of methoxy groups -OCH3 is 1. The third kappa shape index (κ3) is 4.55. The molecule has 1 atom stereocenters. The Bertz CT molecular complexity index is 890. The van der Waals surface area contributed by atoms with Gasteiger partial charge in [0, 0.05) is 12.1 Å². The molecule has 0 aliphatic rings. The minimum Gasteiger partial charge on any atom is -0.496 e. The molecule has 0 aliphatic heterocycles. The van der Waals surface area contributed by atoms with Crippen LogP contribution in [-0.2, 0) is 16.1 Å². The number of benzene rings is 2. The van der Waals surface area contributed by atoms with Crippen molar-refractivity contribution >= 4 is 11.9 Å². The summed E-state index contributed by atoms with van der Waals surface area (Å²) in [5, 5.41) is 2.80. The van der Waals surface area contributed by atoms with Crippen LogP contribution in [-0.4, -0.2) is 19.0 Å². The van der Waals surface area contributed by atoms with Gasteiger partial charge >= 0.3 is 5.97 Å². The minimum atomic E-state index is -1.18. The molecule has 0 bridgehead atoms. The Morgan fingerprint density at radius 1 is 1.00 bits per heavy atom. The quantitative estimate of drug-likeness (QED) is 0.649. The zero-order valence-corrected chi connectivity index (χ0v) is 14.8. The van der Waals surface area contributed by atoms with Crippen LogP contribution in [0.5, 0.6) is 5.75 Å². The van der Waals surface area contributed by atoms with Gasteiger partial charge in [-0.05, 0) is 23.8 Å². The molecule has 3 aromatic rings. The lowest BCUT2D eigenvalue weighted by molar-refractivity contribution is -0.130. The predicted octanol–water partition coefficient (Wildman–Crippen LogP) is 3.50. The van der Waals surface area contributed by atoms with E-state index in [0.717, 1.165) is 5.56 Å². The molecular weight excluding hydrogens is 346 g/mol. The number of carbonyl (C=O) groups excluding carboxylic acids is 2. The van der Waals surface area contributed by atoms with Crippen molar-refractivity contribution in [1.29, 1.82) is 0 Å². The first-order valence-electron chi connectivity index (χ1n) is 8.38. The number of esters is 1. The number of amides is 1. The minimum absolute atomic E-state index is 0.0192. The van der Waals surface area contributed by atoms with Crippen LogP contribution in [0.3, 0.4) is 0 Å². The number of hydrogen-bond acceptors (Lipinski definition) is 5. The molecule has 0 fully saturated rings. The van der Waals surface area contributed by atoms with Crippen LogP contribution in [0.4, 0.5) is 0 Å². The van der Waals surface area contributed by atoms with Gasteiger partial charge in [0.1, 0.15) is 5.75 Å². The van der Waals surface area contributed by atoms with Crippen LogP contribution < -0.4 is 10.1 Å². The molecule has 0 aliphatic carbocycles. The van der Waals surface area contributed by atoms with E-state index < -0.39 is 18.0 Å². The van der Waals surface area contributed by atoms with Gasteiger partial charge in [0.05, 0.1) is 13.4 Å². The average Bonchev–Trinajstić information content (AvgIpc) is 3.26. The van der Waals surface area contributed by atoms with Gasteiger partial charge in [-0.25, -0.2) is 4.79 Å². The summed E-state index contributed by atoms with van der Waals surface area (Å²) in [6.07, 6.45) is 0.187. The Balaban J connectivity index is 1.82. The van der Waals surface area contributed by atoms with Crippen LogP contribution in [0.1, 0.15) is 27.8 Å². The molecule has 0 saturated carbocycles. The molecule has 138 valence electrons. The van der Waals surface area contributed by atoms with Crippen molar-refractivity contribution in [3.8, 4) is 5.75 Å². The third-order valence-corrected chi connectivity index (χ3v) is 3.92. The first-order chi connectivity index (χ1) is 13.2. The van der Waals surface area contributed by atoms with E-state index in [1.54, 1.807) is 30.3 Å². The first kappa shape index (κ1) is 18.3. The molecule has 0 radical (unpaired) electrons. The molecule has 0 saturated heterocycles. The lowest BCUT2D eigenvalue weighted by Crippen LogP contribution is -2.32. The Morgan fingerprint density at radius 3 is 2.44 bits per heavy atom. The molecule has 3 rings (SSSR count). The second-order valence-electron chi connectivity index (χ2n) is 5.71. The fourth-order valence-electron chi connectivity index (χ4n) is 2.58. The smallest absolute Gasteiger partial charge is 0.375 e. The van der Waals surface area contributed by atoms with E-state index in [-0.39, 0.29) is 5.76 Å². The standard InChI is InChI=1S/C21H19NO5/c1-25-17-11-6-5-10-16(17)19(27-21(24)18-12-7-13-26-18)20(23)22-14-15-8-3-2-4-9-15/h2-13,19H,14H2,1H3,(H,22,23)/t19-/m0/s1. The topological polar surface area (TPSA) is 77.8 Å². The van der Waals surface area contributed by atoms with Crippen molar-refractivity contribution in [2.75, 3.05) is 7.11 Å². The summed E-state index contributed by atoms with van der Waals surface area (Å²) in [7, 11) is 1.49. The summed E-state index contributed by atoms with van der Waals surface area (Å²) in [4.78, 5) is 25.1. The second-order valence-corrected chi connectivity index (χ2v) is 5.71. The van der Waals surface area contributed by atoms with Crippen molar-refractivity contribution in [2.24, 2.45) is 0 Å². The maximum atomic E-state index is 12.8. The third-order valence-electron chi connectivity index (χ3n) is 3.92. The molecule has 1 heterocycles. The van der Waals surface area contributed by atoms with E-state index in [0.29, 0.717) is 17.9 Å². The Hall–Kier alpha value is -3.54. The van der Waals surface area contributed by atoms with Gasteiger partial charge in [-0.2, -0.15) is 0 Å². The number of furan rings is 1. The Kier molecular flexibility index (Phi) is 5.89. The summed E-state index contributed by atoms with van der Waals surface area (Å²) >= 11 is 0. The number of nitrogens with one attached hydrogen (secondary N) is 1. The molecule has 1 aromatic heterocycles. The number of para-hydroxylation sites is 1. The highest BCUT2D eigenvalue weighted by atomic mass is 16.6. The lowest BCUT2D eigenvalue weighted by Gasteiger charge is -2.19. The fourth-order valence-corrected chi connectivity index (χ4v) is 2.58. The van der Waals surface area contributed by atoms with E-state index >= 15 is 0 Å². The molecule has 6 heteroatoms. The van der Waals surface area contributed by atoms with Gasteiger partial charge < -0.3 is 19.2 Å². The molecule has 2 aromatic carbocycles. The second kappa shape index (κ2) is 8.71. The lowest BCUT2D eigenvalue weighted by atomic mass is 10.1. The SMILES string of the molecule is COc1ccccc1[C@H](OC(=O)c1ccco1)C(=O)NCc1ccccc1. The van der Waals surface area contributed by atoms with E-state index in [9.17, 15) is 9.59 Å². The Morgan fingerprint density at radius 2 is 1.74 bits per heavy atom. The van der Waals surface area contributed by atoms with Gasteiger partial charge in [0.2, 0.25) is 11.9 Å². The summed E-state index contributed by atoms with van der Waals surface area (Å²) in [5.41, 5.74) is 1.38. The van der Waals surface area contributed by atoms with Crippen molar-refractivity contribution in [2.45, 2.75) is 12.6 Å². The van der Waals surface area contributed by atoms with E-state index in [1.165, 1.54) is 19.4 Å². The summed E-state index contributed by atoms with van der Waals surface area (Å²) in [6, 6.07) is 19.4. The number of carbonyl (C=O) groups is 2. The van der Waals surface area contributed by atoms with E-state index in [2.05, 4.69) is 5.32 Å². The van der Waals surface area contributed by atoms with Crippen molar-refractivity contribution in [3.05, 3.63) is 89.9 Å². The van der Waals surface area contributed by atoms with Crippen LogP contribution >= 0.6 is 0 Å². The maximum absolute atomic E-state index is 12.8.